The van der Waals surface area contributed by atoms with Gasteiger partial charge < -0.3 is 15.0 Å². The second-order valence-corrected chi connectivity index (χ2v) is 5.03. The summed E-state index contributed by atoms with van der Waals surface area (Å²) in [6.45, 7) is 1.18. The number of hydrogen-bond acceptors (Lipinski definition) is 5. The highest BCUT2D eigenvalue weighted by atomic mass is 16.5. The Morgan fingerprint density at radius 2 is 2.35 bits per heavy atom. The molecule has 2 saturated heterocycles. The third-order valence-corrected chi connectivity index (χ3v) is 3.59. The van der Waals surface area contributed by atoms with Gasteiger partial charge in [-0.3, -0.25) is 9.59 Å². The second kappa shape index (κ2) is 5.44. The number of likely N-dealkylation sites (tertiary alicyclic amines) is 1. The van der Waals surface area contributed by atoms with Crippen LogP contribution in [-0.4, -0.2) is 52.1 Å². The summed E-state index contributed by atoms with van der Waals surface area (Å²) in [7, 11) is 0. The molecule has 1 aromatic heterocycles. The SMILES string of the molecule is O=C1CC[C@H](C(=O)N2CC[C@H](Oc3cccnn3)C2)N1. The van der Waals surface area contributed by atoms with Gasteiger partial charge in [0, 0.05) is 31.6 Å². The normalized spacial score (nSPS) is 25.6. The lowest BCUT2D eigenvalue weighted by Crippen LogP contribution is -2.44. The fourth-order valence-corrected chi connectivity index (χ4v) is 2.57. The van der Waals surface area contributed by atoms with Gasteiger partial charge in [-0.15, -0.1) is 5.10 Å². The first-order chi connectivity index (χ1) is 9.72. The molecule has 106 valence electrons. The smallest absolute Gasteiger partial charge is 0.245 e. The van der Waals surface area contributed by atoms with Crippen LogP contribution in [0.25, 0.3) is 0 Å². The summed E-state index contributed by atoms with van der Waals surface area (Å²) in [6, 6.07) is 3.14. The van der Waals surface area contributed by atoms with Crippen molar-refractivity contribution >= 4 is 11.8 Å². The van der Waals surface area contributed by atoms with E-state index in [1.54, 1.807) is 23.2 Å². The summed E-state index contributed by atoms with van der Waals surface area (Å²) in [5.74, 6) is 0.414. The summed E-state index contributed by atoms with van der Waals surface area (Å²) < 4.78 is 5.68. The number of carbonyl (C=O) groups excluding carboxylic acids is 2. The molecule has 0 aliphatic carbocycles. The van der Waals surface area contributed by atoms with Crippen LogP contribution in [0.2, 0.25) is 0 Å². The molecule has 1 N–H and O–H groups in total. The van der Waals surface area contributed by atoms with Crippen molar-refractivity contribution in [2.75, 3.05) is 13.1 Å². The number of nitrogens with one attached hydrogen (secondary N) is 1. The van der Waals surface area contributed by atoms with Crippen molar-refractivity contribution in [2.45, 2.75) is 31.4 Å². The van der Waals surface area contributed by atoms with Gasteiger partial charge in [-0.25, -0.2) is 0 Å². The van der Waals surface area contributed by atoms with Crippen LogP contribution in [0.4, 0.5) is 0 Å². The number of hydrogen-bond donors (Lipinski definition) is 1. The molecule has 2 amide bonds. The molecule has 0 spiro atoms. The molecule has 0 bridgehead atoms. The Kier molecular flexibility index (Phi) is 3.49. The first kappa shape index (κ1) is 12.8. The molecule has 0 radical (unpaired) electrons. The van der Waals surface area contributed by atoms with Crippen LogP contribution in [0.15, 0.2) is 18.3 Å². The van der Waals surface area contributed by atoms with Crippen molar-refractivity contribution in [1.29, 1.82) is 0 Å². The molecule has 0 aromatic carbocycles. The van der Waals surface area contributed by atoms with Gasteiger partial charge in [-0.2, -0.15) is 5.10 Å². The van der Waals surface area contributed by atoms with Gasteiger partial charge in [0.15, 0.2) is 0 Å². The van der Waals surface area contributed by atoms with Crippen molar-refractivity contribution in [3.8, 4) is 5.88 Å². The van der Waals surface area contributed by atoms with E-state index in [4.69, 9.17) is 4.74 Å². The van der Waals surface area contributed by atoms with Gasteiger partial charge in [0.25, 0.3) is 0 Å². The van der Waals surface area contributed by atoms with E-state index in [-0.39, 0.29) is 24.0 Å². The molecule has 2 aliphatic rings. The zero-order valence-electron chi connectivity index (χ0n) is 11.0. The first-order valence-corrected chi connectivity index (χ1v) is 6.75. The van der Waals surface area contributed by atoms with E-state index in [0.29, 0.717) is 31.8 Å². The van der Waals surface area contributed by atoms with Crippen molar-refractivity contribution in [1.82, 2.24) is 20.4 Å². The predicted molar refractivity (Wildman–Crippen MR) is 68.8 cm³/mol. The maximum atomic E-state index is 12.2. The number of amides is 2. The van der Waals surface area contributed by atoms with Gasteiger partial charge in [0.05, 0.1) is 6.54 Å². The minimum Gasteiger partial charge on any atom is -0.471 e. The van der Waals surface area contributed by atoms with Gasteiger partial charge in [0.2, 0.25) is 17.7 Å². The van der Waals surface area contributed by atoms with Crippen molar-refractivity contribution in [3.05, 3.63) is 18.3 Å². The molecule has 0 saturated carbocycles. The molecule has 3 heterocycles. The lowest BCUT2D eigenvalue weighted by atomic mass is 10.2. The van der Waals surface area contributed by atoms with Gasteiger partial charge in [0.1, 0.15) is 12.1 Å². The number of nitrogens with zero attached hydrogens (tertiary/aromatic N) is 3. The fraction of sp³-hybridized carbons (Fsp3) is 0.538. The molecule has 2 atom stereocenters. The van der Waals surface area contributed by atoms with E-state index < -0.39 is 0 Å². The van der Waals surface area contributed by atoms with E-state index in [2.05, 4.69) is 15.5 Å². The average Bonchev–Trinajstić information content (AvgIpc) is 3.08. The molecule has 2 aliphatic heterocycles. The van der Waals surface area contributed by atoms with E-state index in [1.165, 1.54) is 0 Å². The largest absolute Gasteiger partial charge is 0.471 e. The van der Waals surface area contributed by atoms with Gasteiger partial charge in [-0.1, -0.05) is 0 Å². The Morgan fingerprint density at radius 3 is 3.05 bits per heavy atom. The van der Waals surface area contributed by atoms with Crippen LogP contribution in [0.1, 0.15) is 19.3 Å². The first-order valence-electron chi connectivity index (χ1n) is 6.75. The molecular formula is C13H16N4O3. The van der Waals surface area contributed by atoms with E-state index in [9.17, 15) is 9.59 Å². The predicted octanol–water partition coefficient (Wildman–Crippen LogP) is -0.265. The lowest BCUT2D eigenvalue weighted by Gasteiger charge is -2.20. The number of carbonyl (C=O) groups is 2. The second-order valence-electron chi connectivity index (χ2n) is 5.03. The summed E-state index contributed by atoms with van der Waals surface area (Å²) in [5.41, 5.74) is 0. The molecule has 7 nitrogen and oxygen atoms in total. The van der Waals surface area contributed by atoms with Crippen LogP contribution < -0.4 is 10.1 Å². The number of rotatable bonds is 3. The molecule has 1 aromatic rings. The molecule has 2 fully saturated rings. The maximum absolute atomic E-state index is 12.2. The zero-order valence-corrected chi connectivity index (χ0v) is 11.0. The van der Waals surface area contributed by atoms with E-state index in [1.807, 2.05) is 0 Å². The highest BCUT2D eigenvalue weighted by Gasteiger charge is 2.35. The number of aromatic nitrogens is 2. The topological polar surface area (TPSA) is 84.4 Å². The summed E-state index contributed by atoms with van der Waals surface area (Å²) in [4.78, 5) is 25.1. The third-order valence-electron chi connectivity index (χ3n) is 3.59. The number of ether oxygens (including phenoxy) is 1. The highest BCUT2D eigenvalue weighted by molar-refractivity contribution is 5.90. The monoisotopic (exact) mass is 276 g/mol. The van der Waals surface area contributed by atoms with E-state index >= 15 is 0 Å². The standard InChI is InChI=1S/C13H16N4O3/c18-11-4-3-10(15-11)13(19)17-7-5-9(8-17)20-12-2-1-6-14-16-12/h1-2,6,9-10H,3-5,7-8H2,(H,15,18)/t9-,10+/m0/s1. The quantitative estimate of drug-likeness (QED) is 0.822. The van der Waals surface area contributed by atoms with Crippen LogP contribution in [0, 0.1) is 0 Å². The zero-order chi connectivity index (χ0) is 13.9. The summed E-state index contributed by atoms with van der Waals surface area (Å²) in [5, 5.41) is 10.3. The van der Waals surface area contributed by atoms with Crippen LogP contribution >= 0.6 is 0 Å². The Bertz CT molecular complexity index is 508. The third kappa shape index (κ3) is 2.71. The lowest BCUT2D eigenvalue weighted by molar-refractivity contribution is -0.133. The molecule has 7 heteroatoms. The minimum absolute atomic E-state index is 0.0129. The average molecular weight is 276 g/mol. The Labute approximate surface area is 116 Å². The molecule has 20 heavy (non-hydrogen) atoms. The van der Waals surface area contributed by atoms with Crippen LogP contribution in [0.5, 0.6) is 5.88 Å². The molecular weight excluding hydrogens is 260 g/mol. The van der Waals surface area contributed by atoms with Crippen molar-refractivity contribution in [2.24, 2.45) is 0 Å². The molecule has 3 rings (SSSR count). The van der Waals surface area contributed by atoms with E-state index in [0.717, 1.165) is 6.42 Å². The van der Waals surface area contributed by atoms with Crippen molar-refractivity contribution < 1.29 is 14.3 Å². The van der Waals surface area contributed by atoms with Gasteiger partial charge >= 0.3 is 0 Å². The fourth-order valence-electron chi connectivity index (χ4n) is 2.57. The van der Waals surface area contributed by atoms with Crippen molar-refractivity contribution in [3.63, 3.8) is 0 Å². The van der Waals surface area contributed by atoms with Gasteiger partial charge in [-0.05, 0) is 12.5 Å². The summed E-state index contributed by atoms with van der Waals surface area (Å²) >= 11 is 0. The van der Waals surface area contributed by atoms with Crippen LogP contribution in [-0.2, 0) is 9.59 Å². The Morgan fingerprint density at radius 1 is 1.45 bits per heavy atom. The minimum atomic E-state index is -0.363. The maximum Gasteiger partial charge on any atom is 0.245 e. The summed E-state index contributed by atoms with van der Waals surface area (Å²) in [6.07, 6.45) is 3.31. The highest BCUT2D eigenvalue weighted by Crippen LogP contribution is 2.18. The Balaban J connectivity index is 1.54. The van der Waals surface area contributed by atoms with Crippen LogP contribution in [0.3, 0.4) is 0 Å². The molecule has 0 unspecified atom stereocenters. The Hall–Kier alpha value is -2.18.